The van der Waals surface area contributed by atoms with Crippen molar-refractivity contribution in [1.29, 1.82) is 0 Å². The summed E-state index contributed by atoms with van der Waals surface area (Å²) in [5, 5.41) is 5.75. The molecule has 1 heterocycles. The number of carbonyl (C=O) groups is 2. The quantitative estimate of drug-likeness (QED) is 0.710. The molecule has 1 atom stereocenters. The lowest BCUT2D eigenvalue weighted by molar-refractivity contribution is -0.115. The molecule has 1 aliphatic rings. The van der Waals surface area contributed by atoms with Crippen molar-refractivity contribution < 1.29 is 9.59 Å². The summed E-state index contributed by atoms with van der Waals surface area (Å²) in [5.74, 6) is 0.0131. The summed E-state index contributed by atoms with van der Waals surface area (Å²) in [6.45, 7) is 2.21. The molecule has 3 aromatic rings. The number of nitrogens with two attached hydrogens (primary N) is 1. The monoisotopic (exact) mass is 378 g/mol. The van der Waals surface area contributed by atoms with Crippen LogP contribution in [0, 0.1) is 5.92 Å². The highest BCUT2D eigenvalue weighted by Crippen LogP contribution is 2.39. The van der Waals surface area contributed by atoms with Crippen LogP contribution in [0.15, 0.2) is 42.5 Å². The third-order valence-corrected chi connectivity index (χ3v) is 6.41. The molecule has 1 aliphatic carbocycles. The summed E-state index contributed by atoms with van der Waals surface area (Å²) in [6.07, 6.45) is 3.11. The Hall–Kier alpha value is -2.66. The number of nitrogens with one attached hydrogen (secondary N) is 1. The van der Waals surface area contributed by atoms with Crippen molar-refractivity contribution in [3.8, 4) is 0 Å². The van der Waals surface area contributed by atoms with Gasteiger partial charge in [0.25, 0.3) is 5.91 Å². The van der Waals surface area contributed by atoms with Gasteiger partial charge in [-0.1, -0.05) is 49.4 Å². The summed E-state index contributed by atoms with van der Waals surface area (Å²) in [5.41, 5.74) is 8.15. The summed E-state index contributed by atoms with van der Waals surface area (Å²) in [6, 6.07) is 14.0. The van der Waals surface area contributed by atoms with Crippen LogP contribution in [0.25, 0.3) is 10.8 Å². The molecule has 2 aromatic carbocycles. The van der Waals surface area contributed by atoms with Crippen molar-refractivity contribution in [2.24, 2.45) is 11.7 Å². The van der Waals surface area contributed by atoms with Gasteiger partial charge in [0.1, 0.15) is 5.00 Å². The molecule has 0 unspecified atom stereocenters. The minimum absolute atomic E-state index is 0.125. The third kappa shape index (κ3) is 3.47. The molecule has 5 heteroatoms. The van der Waals surface area contributed by atoms with Crippen LogP contribution < -0.4 is 11.1 Å². The minimum atomic E-state index is -0.456. The molecule has 0 aliphatic heterocycles. The Labute approximate surface area is 162 Å². The number of benzene rings is 2. The van der Waals surface area contributed by atoms with Gasteiger partial charge in [0.05, 0.1) is 12.0 Å². The lowest BCUT2D eigenvalue weighted by Gasteiger charge is -2.18. The van der Waals surface area contributed by atoms with Gasteiger partial charge in [0, 0.05) is 4.88 Å². The van der Waals surface area contributed by atoms with Crippen LogP contribution in [0.3, 0.4) is 0 Å². The highest BCUT2D eigenvalue weighted by atomic mass is 32.1. The Morgan fingerprint density at radius 3 is 2.78 bits per heavy atom. The van der Waals surface area contributed by atoms with E-state index in [2.05, 4.69) is 12.2 Å². The SMILES string of the molecule is C[C@H]1CCc2c(sc(NC(=O)Cc3cccc4ccccc34)c2C(N)=O)C1. The summed E-state index contributed by atoms with van der Waals surface area (Å²) < 4.78 is 0. The first-order valence-corrected chi connectivity index (χ1v) is 10.1. The molecule has 4 nitrogen and oxygen atoms in total. The first kappa shape index (κ1) is 17.7. The normalized spacial score (nSPS) is 16.1. The predicted octanol–water partition coefficient (Wildman–Crippen LogP) is 4.31. The van der Waals surface area contributed by atoms with E-state index in [4.69, 9.17) is 5.73 Å². The molecule has 1 aromatic heterocycles. The summed E-state index contributed by atoms with van der Waals surface area (Å²) >= 11 is 1.50. The molecule has 0 saturated carbocycles. The van der Waals surface area contributed by atoms with Crippen LogP contribution in [0.2, 0.25) is 0 Å². The maximum absolute atomic E-state index is 12.7. The zero-order valence-corrected chi connectivity index (χ0v) is 16.1. The van der Waals surface area contributed by atoms with E-state index < -0.39 is 5.91 Å². The van der Waals surface area contributed by atoms with Gasteiger partial charge >= 0.3 is 0 Å². The molecule has 0 fully saturated rings. The number of hydrogen-bond acceptors (Lipinski definition) is 3. The van der Waals surface area contributed by atoms with E-state index in [-0.39, 0.29) is 12.3 Å². The van der Waals surface area contributed by atoms with Gasteiger partial charge in [-0.15, -0.1) is 11.3 Å². The van der Waals surface area contributed by atoms with E-state index in [1.807, 2.05) is 42.5 Å². The van der Waals surface area contributed by atoms with Crippen LogP contribution in [0.1, 0.15) is 39.7 Å². The van der Waals surface area contributed by atoms with Crippen LogP contribution in [0.4, 0.5) is 5.00 Å². The molecule has 3 N–H and O–H groups in total. The van der Waals surface area contributed by atoms with Gasteiger partial charge in [-0.25, -0.2) is 0 Å². The number of primary amides is 1. The summed E-state index contributed by atoms with van der Waals surface area (Å²) in [7, 11) is 0. The van der Waals surface area contributed by atoms with Gasteiger partial charge in [-0.3, -0.25) is 9.59 Å². The van der Waals surface area contributed by atoms with Gasteiger partial charge in [0.15, 0.2) is 0 Å². The zero-order valence-electron chi connectivity index (χ0n) is 15.2. The molecule has 138 valence electrons. The predicted molar refractivity (Wildman–Crippen MR) is 110 cm³/mol. The number of amides is 2. The lowest BCUT2D eigenvalue weighted by atomic mass is 9.88. The highest BCUT2D eigenvalue weighted by Gasteiger charge is 2.27. The highest BCUT2D eigenvalue weighted by molar-refractivity contribution is 7.17. The van der Waals surface area contributed by atoms with E-state index in [0.29, 0.717) is 16.5 Å². The van der Waals surface area contributed by atoms with E-state index in [9.17, 15) is 9.59 Å². The lowest BCUT2D eigenvalue weighted by Crippen LogP contribution is -2.20. The van der Waals surface area contributed by atoms with Crippen molar-refractivity contribution >= 4 is 38.9 Å². The van der Waals surface area contributed by atoms with Gasteiger partial charge < -0.3 is 11.1 Å². The number of rotatable bonds is 4. The number of thiophene rings is 1. The molecule has 0 radical (unpaired) electrons. The number of anilines is 1. The van der Waals surface area contributed by atoms with Crippen LogP contribution in [-0.4, -0.2) is 11.8 Å². The Morgan fingerprint density at radius 1 is 1.19 bits per heavy atom. The molecule has 2 amide bonds. The minimum Gasteiger partial charge on any atom is -0.365 e. The maximum Gasteiger partial charge on any atom is 0.251 e. The molecule has 27 heavy (non-hydrogen) atoms. The smallest absolute Gasteiger partial charge is 0.251 e. The second kappa shape index (κ2) is 7.16. The van der Waals surface area contributed by atoms with Gasteiger partial charge in [0.2, 0.25) is 5.91 Å². The van der Waals surface area contributed by atoms with Crippen molar-refractivity contribution in [2.75, 3.05) is 5.32 Å². The van der Waals surface area contributed by atoms with E-state index in [1.165, 1.54) is 16.2 Å². The number of fused-ring (bicyclic) bond motifs is 2. The molecule has 0 saturated heterocycles. The largest absolute Gasteiger partial charge is 0.365 e. The number of hydrogen-bond donors (Lipinski definition) is 2. The Morgan fingerprint density at radius 2 is 1.96 bits per heavy atom. The number of carbonyl (C=O) groups excluding carboxylic acids is 2. The van der Waals surface area contributed by atoms with Crippen LogP contribution in [-0.2, 0) is 24.1 Å². The maximum atomic E-state index is 12.7. The van der Waals surface area contributed by atoms with Crippen molar-refractivity contribution in [3.63, 3.8) is 0 Å². The zero-order chi connectivity index (χ0) is 19.0. The molecule has 0 spiro atoms. The molecule has 0 bridgehead atoms. The average molecular weight is 378 g/mol. The standard InChI is InChI=1S/C22H22N2O2S/c1-13-9-10-17-18(11-13)27-22(20(17)21(23)26)24-19(25)12-15-7-4-6-14-5-2-3-8-16(14)15/h2-8,13H,9-12H2,1H3,(H2,23,26)(H,24,25)/t13-/m0/s1. The second-order valence-electron chi connectivity index (χ2n) is 7.28. The first-order valence-electron chi connectivity index (χ1n) is 9.23. The summed E-state index contributed by atoms with van der Waals surface area (Å²) in [4.78, 5) is 25.9. The third-order valence-electron chi connectivity index (χ3n) is 5.24. The van der Waals surface area contributed by atoms with Gasteiger partial charge in [-0.2, -0.15) is 0 Å². The fraction of sp³-hybridized carbons (Fsp3) is 0.273. The fourth-order valence-corrected chi connectivity index (χ4v) is 5.32. The van der Waals surface area contributed by atoms with E-state index in [1.54, 1.807) is 0 Å². The van der Waals surface area contributed by atoms with E-state index >= 15 is 0 Å². The topological polar surface area (TPSA) is 72.2 Å². The molecular weight excluding hydrogens is 356 g/mol. The Kier molecular flexibility index (Phi) is 4.70. The fourth-order valence-electron chi connectivity index (χ4n) is 3.89. The van der Waals surface area contributed by atoms with Crippen LogP contribution >= 0.6 is 11.3 Å². The van der Waals surface area contributed by atoms with Crippen molar-refractivity contribution in [3.05, 3.63) is 64.0 Å². The molecular formula is C22H22N2O2S. The first-order chi connectivity index (χ1) is 13.0. The second-order valence-corrected chi connectivity index (χ2v) is 8.39. The van der Waals surface area contributed by atoms with Crippen molar-refractivity contribution in [1.82, 2.24) is 0 Å². The Bertz CT molecular complexity index is 1030. The molecule has 4 rings (SSSR count). The average Bonchev–Trinajstić information content (AvgIpc) is 2.98. The van der Waals surface area contributed by atoms with Gasteiger partial charge in [-0.05, 0) is 47.1 Å². The Balaban J connectivity index is 1.60. The van der Waals surface area contributed by atoms with Crippen LogP contribution in [0.5, 0.6) is 0 Å². The van der Waals surface area contributed by atoms with Crippen molar-refractivity contribution in [2.45, 2.75) is 32.6 Å². The van der Waals surface area contributed by atoms with E-state index in [0.717, 1.165) is 41.2 Å².